The molecule has 3 aromatic heterocycles. The number of rotatable bonds is 5. The topological polar surface area (TPSA) is 64.2 Å². The highest BCUT2D eigenvalue weighted by Gasteiger charge is 2.08. The third-order valence-corrected chi connectivity index (χ3v) is 4.46. The number of aryl methyl sites for hydroxylation is 2. The van der Waals surface area contributed by atoms with Gasteiger partial charge in [-0.05, 0) is 56.3 Å². The number of carbonyl (C=O) groups excluding carboxylic acids is 1. The van der Waals surface area contributed by atoms with Crippen LogP contribution in [0, 0.1) is 13.8 Å². The molecule has 0 spiro atoms. The minimum absolute atomic E-state index is 0.0846. The quantitative estimate of drug-likeness (QED) is 0.595. The molecule has 0 fully saturated rings. The normalized spacial score (nSPS) is 11.0. The Morgan fingerprint density at radius 1 is 1.11 bits per heavy atom. The van der Waals surface area contributed by atoms with Crippen LogP contribution in [0.2, 0.25) is 0 Å². The van der Waals surface area contributed by atoms with Crippen LogP contribution in [0.15, 0.2) is 60.9 Å². The minimum atomic E-state index is -0.0846. The van der Waals surface area contributed by atoms with Gasteiger partial charge in [0.05, 0.1) is 17.1 Å². The Kier molecular flexibility index (Phi) is 4.46. The zero-order chi connectivity index (χ0) is 18.8. The number of nitrogens with zero attached hydrogens (tertiary/aromatic N) is 4. The minimum Gasteiger partial charge on any atom is -0.352 e. The van der Waals surface area contributed by atoms with E-state index in [1.54, 1.807) is 0 Å². The van der Waals surface area contributed by atoms with Crippen LogP contribution >= 0.6 is 0 Å². The van der Waals surface area contributed by atoms with E-state index >= 15 is 0 Å². The van der Waals surface area contributed by atoms with Crippen LogP contribution in [0.25, 0.3) is 11.3 Å². The zero-order valence-corrected chi connectivity index (χ0v) is 15.4. The standard InChI is InChI=1S/C21H21N5O/c1-15-13-16(2)26(24-15)19-8-6-17(7-9-19)21(27)22-11-10-18-14-25-12-4-3-5-20(25)23-18/h3-9,12-14H,10-11H2,1-2H3,(H,22,27). The predicted octanol–water partition coefficient (Wildman–Crippen LogP) is 3.11. The van der Waals surface area contributed by atoms with Crippen LogP contribution in [0.1, 0.15) is 27.4 Å². The highest BCUT2D eigenvalue weighted by Crippen LogP contribution is 2.13. The lowest BCUT2D eigenvalue weighted by molar-refractivity contribution is 0.0954. The Morgan fingerprint density at radius 3 is 2.63 bits per heavy atom. The number of fused-ring (bicyclic) bond motifs is 1. The van der Waals surface area contributed by atoms with Crippen molar-refractivity contribution in [3.63, 3.8) is 0 Å². The monoisotopic (exact) mass is 359 g/mol. The van der Waals surface area contributed by atoms with E-state index in [0.717, 1.165) is 28.4 Å². The molecule has 6 nitrogen and oxygen atoms in total. The number of pyridine rings is 1. The SMILES string of the molecule is Cc1cc(C)n(-c2ccc(C(=O)NCCc3cn4ccccc4n3)cc2)n1. The van der Waals surface area contributed by atoms with E-state index in [1.165, 1.54) is 0 Å². The van der Waals surface area contributed by atoms with Crippen molar-refractivity contribution in [2.24, 2.45) is 0 Å². The molecule has 27 heavy (non-hydrogen) atoms. The summed E-state index contributed by atoms with van der Waals surface area (Å²) in [7, 11) is 0. The predicted molar refractivity (Wildman–Crippen MR) is 104 cm³/mol. The summed E-state index contributed by atoms with van der Waals surface area (Å²) in [5.41, 5.74) is 5.50. The molecule has 0 radical (unpaired) electrons. The van der Waals surface area contributed by atoms with Crippen molar-refractivity contribution in [1.29, 1.82) is 0 Å². The summed E-state index contributed by atoms with van der Waals surface area (Å²) in [5, 5.41) is 7.42. The number of benzene rings is 1. The molecule has 0 saturated carbocycles. The molecule has 0 unspecified atom stereocenters. The average Bonchev–Trinajstić information content (AvgIpc) is 3.23. The number of imidazole rings is 1. The summed E-state index contributed by atoms with van der Waals surface area (Å²) < 4.78 is 3.86. The van der Waals surface area contributed by atoms with E-state index in [1.807, 2.05) is 83.9 Å². The second-order valence-electron chi connectivity index (χ2n) is 6.59. The molecule has 0 saturated heterocycles. The van der Waals surface area contributed by atoms with Gasteiger partial charge >= 0.3 is 0 Å². The van der Waals surface area contributed by atoms with Gasteiger partial charge < -0.3 is 9.72 Å². The summed E-state index contributed by atoms with van der Waals surface area (Å²) in [6.45, 7) is 4.52. The van der Waals surface area contributed by atoms with E-state index in [9.17, 15) is 4.79 Å². The van der Waals surface area contributed by atoms with Gasteiger partial charge in [-0.2, -0.15) is 5.10 Å². The fourth-order valence-electron chi connectivity index (χ4n) is 3.16. The van der Waals surface area contributed by atoms with Crippen LogP contribution < -0.4 is 5.32 Å². The Balaban J connectivity index is 1.37. The molecule has 0 atom stereocenters. The molecule has 6 heteroatoms. The Hall–Kier alpha value is -3.41. The van der Waals surface area contributed by atoms with Crippen molar-refractivity contribution >= 4 is 11.6 Å². The maximum absolute atomic E-state index is 12.4. The molecule has 1 amide bonds. The first-order chi connectivity index (χ1) is 13.1. The van der Waals surface area contributed by atoms with Gasteiger partial charge in [-0.25, -0.2) is 9.67 Å². The van der Waals surface area contributed by atoms with E-state index in [-0.39, 0.29) is 5.91 Å². The highest BCUT2D eigenvalue weighted by molar-refractivity contribution is 5.94. The number of amides is 1. The van der Waals surface area contributed by atoms with Crippen LogP contribution in [-0.4, -0.2) is 31.6 Å². The van der Waals surface area contributed by atoms with Gasteiger partial charge in [-0.3, -0.25) is 4.79 Å². The Labute approximate surface area is 157 Å². The second-order valence-corrected chi connectivity index (χ2v) is 6.59. The average molecular weight is 359 g/mol. The number of hydrogen-bond acceptors (Lipinski definition) is 3. The van der Waals surface area contributed by atoms with E-state index in [0.29, 0.717) is 18.5 Å². The molecule has 4 aromatic rings. The summed E-state index contributed by atoms with van der Waals surface area (Å²) in [5.74, 6) is -0.0846. The third-order valence-electron chi connectivity index (χ3n) is 4.46. The van der Waals surface area contributed by atoms with Crippen molar-refractivity contribution < 1.29 is 4.79 Å². The lowest BCUT2D eigenvalue weighted by atomic mass is 10.2. The van der Waals surface area contributed by atoms with Gasteiger partial charge in [-0.1, -0.05) is 6.07 Å². The van der Waals surface area contributed by atoms with Gasteiger partial charge in [0.15, 0.2) is 0 Å². The molecule has 0 aliphatic carbocycles. The fraction of sp³-hybridized carbons (Fsp3) is 0.190. The number of hydrogen-bond donors (Lipinski definition) is 1. The molecule has 1 N–H and O–H groups in total. The molecule has 3 heterocycles. The summed E-state index contributed by atoms with van der Waals surface area (Å²) in [6, 6.07) is 15.4. The zero-order valence-electron chi connectivity index (χ0n) is 15.4. The van der Waals surface area contributed by atoms with Crippen molar-refractivity contribution in [3.8, 4) is 5.69 Å². The molecular weight excluding hydrogens is 338 g/mol. The van der Waals surface area contributed by atoms with Gasteiger partial charge in [0.25, 0.3) is 5.91 Å². The lowest BCUT2D eigenvalue weighted by Crippen LogP contribution is -2.25. The van der Waals surface area contributed by atoms with E-state index < -0.39 is 0 Å². The first-order valence-corrected chi connectivity index (χ1v) is 8.95. The number of aromatic nitrogens is 4. The third kappa shape index (κ3) is 3.60. The molecular formula is C21H21N5O. The molecule has 1 aromatic carbocycles. The van der Waals surface area contributed by atoms with Crippen molar-refractivity contribution in [3.05, 3.63) is 83.6 Å². The van der Waals surface area contributed by atoms with Crippen LogP contribution in [-0.2, 0) is 6.42 Å². The highest BCUT2D eigenvalue weighted by atomic mass is 16.1. The summed E-state index contributed by atoms with van der Waals surface area (Å²) in [4.78, 5) is 16.9. The number of carbonyl (C=O) groups is 1. The van der Waals surface area contributed by atoms with Crippen LogP contribution in [0.3, 0.4) is 0 Å². The second kappa shape index (κ2) is 7.07. The van der Waals surface area contributed by atoms with Gasteiger partial charge in [-0.15, -0.1) is 0 Å². The lowest BCUT2D eigenvalue weighted by Gasteiger charge is -2.07. The van der Waals surface area contributed by atoms with Crippen molar-refractivity contribution in [2.75, 3.05) is 6.54 Å². The van der Waals surface area contributed by atoms with Crippen molar-refractivity contribution in [1.82, 2.24) is 24.5 Å². The maximum Gasteiger partial charge on any atom is 0.251 e. The van der Waals surface area contributed by atoms with Crippen LogP contribution in [0.5, 0.6) is 0 Å². The van der Waals surface area contributed by atoms with Crippen molar-refractivity contribution in [2.45, 2.75) is 20.3 Å². The largest absolute Gasteiger partial charge is 0.352 e. The van der Waals surface area contributed by atoms with Gasteiger partial charge in [0.2, 0.25) is 0 Å². The first kappa shape index (κ1) is 17.0. The molecule has 136 valence electrons. The summed E-state index contributed by atoms with van der Waals surface area (Å²) >= 11 is 0. The van der Waals surface area contributed by atoms with E-state index in [4.69, 9.17) is 0 Å². The van der Waals surface area contributed by atoms with Gasteiger partial charge in [0.1, 0.15) is 5.65 Å². The molecule has 0 aliphatic heterocycles. The van der Waals surface area contributed by atoms with E-state index in [2.05, 4.69) is 15.4 Å². The Bertz CT molecular complexity index is 1060. The number of nitrogens with one attached hydrogen (secondary N) is 1. The maximum atomic E-state index is 12.4. The summed E-state index contributed by atoms with van der Waals surface area (Å²) in [6.07, 6.45) is 4.65. The first-order valence-electron chi connectivity index (χ1n) is 8.95. The molecule has 0 bridgehead atoms. The Morgan fingerprint density at radius 2 is 1.93 bits per heavy atom. The fourth-order valence-corrected chi connectivity index (χ4v) is 3.16. The van der Waals surface area contributed by atoms with Crippen LogP contribution in [0.4, 0.5) is 0 Å². The smallest absolute Gasteiger partial charge is 0.251 e. The van der Waals surface area contributed by atoms with Gasteiger partial charge in [0, 0.05) is 36.6 Å². The molecule has 0 aliphatic rings. The molecule has 4 rings (SSSR count).